The summed E-state index contributed by atoms with van der Waals surface area (Å²) in [6.45, 7) is 1.93. The van der Waals surface area contributed by atoms with Crippen LogP contribution >= 0.6 is 15.9 Å². The van der Waals surface area contributed by atoms with E-state index in [1.807, 2.05) is 31.2 Å². The number of halogens is 2. The lowest BCUT2D eigenvalue weighted by molar-refractivity contribution is 0.436. The molecule has 19 heavy (non-hydrogen) atoms. The minimum absolute atomic E-state index is 0.0251. The number of hydrogen-bond donors (Lipinski definition) is 1. The van der Waals surface area contributed by atoms with Gasteiger partial charge in [0, 0.05) is 10.5 Å². The third-order valence-corrected chi connectivity index (χ3v) is 3.12. The van der Waals surface area contributed by atoms with Gasteiger partial charge in [0.1, 0.15) is 5.75 Å². The number of hydrogen-bond acceptors (Lipinski definition) is 2. The van der Waals surface area contributed by atoms with Gasteiger partial charge in [0.15, 0.2) is 11.6 Å². The standard InChI is InChI=1S/C15H15BrFNO/c1-10(18)8-11-4-2-3-5-14(11)19-15-9-12(16)6-7-13(15)17/h2-7,9-10H,8,18H2,1H3. The first-order valence-corrected chi connectivity index (χ1v) is 6.82. The van der Waals surface area contributed by atoms with Gasteiger partial charge in [-0.05, 0) is 43.2 Å². The number of para-hydroxylation sites is 1. The second-order valence-electron chi connectivity index (χ2n) is 4.47. The van der Waals surface area contributed by atoms with E-state index in [0.717, 1.165) is 10.0 Å². The Morgan fingerprint density at radius 1 is 1.21 bits per heavy atom. The molecule has 0 saturated heterocycles. The van der Waals surface area contributed by atoms with E-state index in [2.05, 4.69) is 15.9 Å². The van der Waals surface area contributed by atoms with Gasteiger partial charge in [-0.1, -0.05) is 34.1 Å². The molecule has 2 N–H and O–H groups in total. The molecule has 2 rings (SSSR count). The van der Waals surface area contributed by atoms with E-state index in [1.54, 1.807) is 12.1 Å². The summed E-state index contributed by atoms with van der Waals surface area (Å²) < 4.78 is 20.1. The lowest BCUT2D eigenvalue weighted by Crippen LogP contribution is -2.18. The first kappa shape index (κ1) is 14.0. The summed E-state index contributed by atoms with van der Waals surface area (Å²) in [7, 11) is 0. The molecule has 0 spiro atoms. The van der Waals surface area contributed by atoms with Gasteiger partial charge in [0.25, 0.3) is 0 Å². The highest BCUT2D eigenvalue weighted by molar-refractivity contribution is 9.10. The second kappa shape index (κ2) is 6.17. The zero-order chi connectivity index (χ0) is 13.8. The quantitative estimate of drug-likeness (QED) is 0.911. The van der Waals surface area contributed by atoms with Crippen molar-refractivity contribution in [3.8, 4) is 11.5 Å². The van der Waals surface area contributed by atoms with Crippen LogP contribution in [0.25, 0.3) is 0 Å². The van der Waals surface area contributed by atoms with Gasteiger partial charge in [0.2, 0.25) is 0 Å². The third-order valence-electron chi connectivity index (χ3n) is 2.63. The molecule has 0 radical (unpaired) electrons. The lowest BCUT2D eigenvalue weighted by Gasteiger charge is -2.13. The first-order valence-electron chi connectivity index (χ1n) is 6.02. The Labute approximate surface area is 120 Å². The van der Waals surface area contributed by atoms with E-state index in [1.165, 1.54) is 6.07 Å². The summed E-state index contributed by atoms with van der Waals surface area (Å²) in [6.07, 6.45) is 0.686. The van der Waals surface area contributed by atoms with Gasteiger partial charge in [-0.2, -0.15) is 0 Å². The van der Waals surface area contributed by atoms with Gasteiger partial charge >= 0.3 is 0 Å². The molecule has 0 bridgehead atoms. The van der Waals surface area contributed by atoms with Gasteiger partial charge in [0.05, 0.1) is 0 Å². The van der Waals surface area contributed by atoms with E-state index in [0.29, 0.717) is 12.2 Å². The summed E-state index contributed by atoms with van der Waals surface area (Å²) in [5.74, 6) is 0.446. The Bertz CT molecular complexity index is 572. The summed E-state index contributed by atoms with van der Waals surface area (Å²) >= 11 is 3.30. The number of ether oxygens (including phenoxy) is 1. The van der Waals surface area contributed by atoms with Crippen molar-refractivity contribution in [2.24, 2.45) is 5.73 Å². The van der Waals surface area contributed by atoms with Crippen LogP contribution in [0.4, 0.5) is 4.39 Å². The minimum atomic E-state index is -0.390. The average Bonchev–Trinajstić information content (AvgIpc) is 2.35. The Morgan fingerprint density at radius 2 is 1.95 bits per heavy atom. The van der Waals surface area contributed by atoms with Crippen molar-refractivity contribution in [3.05, 3.63) is 58.3 Å². The molecule has 1 atom stereocenters. The molecule has 100 valence electrons. The van der Waals surface area contributed by atoms with Gasteiger partial charge in [-0.15, -0.1) is 0 Å². The van der Waals surface area contributed by atoms with Gasteiger partial charge < -0.3 is 10.5 Å². The van der Waals surface area contributed by atoms with Crippen LogP contribution < -0.4 is 10.5 Å². The van der Waals surface area contributed by atoms with E-state index in [4.69, 9.17) is 10.5 Å². The molecular weight excluding hydrogens is 309 g/mol. The van der Waals surface area contributed by atoms with Gasteiger partial charge in [-0.25, -0.2) is 4.39 Å². The Kier molecular flexibility index (Phi) is 4.56. The van der Waals surface area contributed by atoms with Crippen LogP contribution in [0.15, 0.2) is 46.9 Å². The fourth-order valence-electron chi connectivity index (χ4n) is 1.79. The fourth-order valence-corrected chi connectivity index (χ4v) is 2.13. The topological polar surface area (TPSA) is 35.2 Å². The molecule has 0 aliphatic carbocycles. The average molecular weight is 324 g/mol. The van der Waals surface area contributed by atoms with Crippen molar-refractivity contribution in [1.29, 1.82) is 0 Å². The van der Waals surface area contributed by atoms with Crippen LogP contribution in [0.3, 0.4) is 0 Å². The molecule has 0 aliphatic heterocycles. The summed E-state index contributed by atoms with van der Waals surface area (Å²) in [5.41, 5.74) is 6.77. The predicted molar refractivity (Wildman–Crippen MR) is 78.0 cm³/mol. The maximum absolute atomic E-state index is 13.7. The predicted octanol–water partition coefficient (Wildman–Crippen LogP) is 4.27. The van der Waals surface area contributed by atoms with E-state index >= 15 is 0 Å². The van der Waals surface area contributed by atoms with Crippen molar-refractivity contribution in [1.82, 2.24) is 0 Å². The van der Waals surface area contributed by atoms with Crippen molar-refractivity contribution in [3.63, 3.8) is 0 Å². The van der Waals surface area contributed by atoms with Crippen LogP contribution in [-0.4, -0.2) is 6.04 Å². The number of benzene rings is 2. The minimum Gasteiger partial charge on any atom is -0.454 e. The highest BCUT2D eigenvalue weighted by Gasteiger charge is 2.10. The van der Waals surface area contributed by atoms with E-state index < -0.39 is 0 Å². The largest absolute Gasteiger partial charge is 0.454 e. The molecule has 0 aromatic heterocycles. The van der Waals surface area contributed by atoms with Crippen LogP contribution in [0.5, 0.6) is 11.5 Å². The summed E-state index contributed by atoms with van der Waals surface area (Å²) in [4.78, 5) is 0. The maximum atomic E-state index is 13.7. The molecule has 2 aromatic carbocycles. The zero-order valence-electron chi connectivity index (χ0n) is 10.6. The van der Waals surface area contributed by atoms with Crippen LogP contribution in [0.1, 0.15) is 12.5 Å². The first-order chi connectivity index (χ1) is 9.06. The summed E-state index contributed by atoms with van der Waals surface area (Å²) in [5, 5.41) is 0. The second-order valence-corrected chi connectivity index (χ2v) is 5.38. The SMILES string of the molecule is CC(N)Cc1ccccc1Oc1cc(Br)ccc1F. The molecule has 0 heterocycles. The van der Waals surface area contributed by atoms with Crippen LogP contribution in [0.2, 0.25) is 0 Å². The highest BCUT2D eigenvalue weighted by Crippen LogP contribution is 2.30. The van der Waals surface area contributed by atoms with Gasteiger partial charge in [-0.3, -0.25) is 0 Å². The smallest absolute Gasteiger partial charge is 0.165 e. The Morgan fingerprint density at radius 3 is 2.68 bits per heavy atom. The van der Waals surface area contributed by atoms with E-state index in [-0.39, 0.29) is 17.6 Å². The van der Waals surface area contributed by atoms with Crippen molar-refractivity contribution in [2.45, 2.75) is 19.4 Å². The maximum Gasteiger partial charge on any atom is 0.165 e. The molecule has 0 amide bonds. The third kappa shape index (κ3) is 3.78. The molecule has 2 nitrogen and oxygen atoms in total. The monoisotopic (exact) mass is 323 g/mol. The van der Waals surface area contributed by atoms with E-state index in [9.17, 15) is 4.39 Å². The van der Waals surface area contributed by atoms with Crippen molar-refractivity contribution < 1.29 is 9.13 Å². The molecule has 0 saturated carbocycles. The molecule has 0 fully saturated rings. The number of nitrogens with two attached hydrogens (primary N) is 1. The molecule has 1 unspecified atom stereocenters. The Hall–Kier alpha value is -1.39. The van der Waals surface area contributed by atoms with Crippen molar-refractivity contribution in [2.75, 3.05) is 0 Å². The van der Waals surface area contributed by atoms with Crippen LogP contribution in [-0.2, 0) is 6.42 Å². The Balaban J connectivity index is 2.30. The molecule has 2 aromatic rings. The molecule has 4 heteroatoms. The lowest BCUT2D eigenvalue weighted by atomic mass is 10.1. The number of rotatable bonds is 4. The highest BCUT2D eigenvalue weighted by atomic mass is 79.9. The normalized spacial score (nSPS) is 12.2. The zero-order valence-corrected chi connectivity index (χ0v) is 12.2. The van der Waals surface area contributed by atoms with Crippen molar-refractivity contribution >= 4 is 15.9 Å². The fraction of sp³-hybridized carbons (Fsp3) is 0.200. The molecular formula is C15H15BrFNO. The summed E-state index contributed by atoms with van der Waals surface area (Å²) in [6, 6.07) is 12.2. The molecule has 0 aliphatic rings. The van der Waals surface area contributed by atoms with Crippen LogP contribution in [0, 0.1) is 5.82 Å².